The molecule has 0 spiro atoms. The Balaban J connectivity index is 2.51. The molecule has 0 aliphatic heterocycles. The zero-order chi connectivity index (χ0) is 15.3. The van der Waals surface area contributed by atoms with E-state index in [9.17, 15) is 9.59 Å². The summed E-state index contributed by atoms with van der Waals surface area (Å²) in [5.74, 6) is -0.260. The van der Waals surface area contributed by atoms with Crippen molar-refractivity contribution in [3.63, 3.8) is 0 Å². The Kier molecular flexibility index (Phi) is 4.96. The quantitative estimate of drug-likeness (QED) is 0.741. The molecule has 0 aromatic heterocycles. The first-order chi connectivity index (χ1) is 9.17. The SMILES string of the molecule is CC(NC(=O)OC(C)(C)C)C(=O)Nc1ccc(O)cc1. The third-order valence-corrected chi connectivity index (χ3v) is 2.26. The molecule has 0 aliphatic carbocycles. The molecule has 0 fully saturated rings. The van der Waals surface area contributed by atoms with Crippen molar-refractivity contribution in [2.45, 2.75) is 39.3 Å². The van der Waals surface area contributed by atoms with Crippen LogP contribution in [0.1, 0.15) is 27.7 Å². The van der Waals surface area contributed by atoms with E-state index >= 15 is 0 Å². The van der Waals surface area contributed by atoms with E-state index in [1.807, 2.05) is 0 Å². The fourth-order valence-corrected chi connectivity index (χ4v) is 1.35. The van der Waals surface area contributed by atoms with Gasteiger partial charge in [-0.15, -0.1) is 0 Å². The fourth-order valence-electron chi connectivity index (χ4n) is 1.35. The van der Waals surface area contributed by atoms with Crippen LogP contribution in [0.2, 0.25) is 0 Å². The van der Waals surface area contributed by atoms with Gasteiger partial charge in [-0.1, -0.05) is 0 Å². The summed E-state index contributed by atoms with van der Waals surface area (Å²) in [7, 11) is 0. The number of amides is 2. The van der Waals surface area contributed by atoms with Gasteiger partial charge in [0.25, 0.3) is 0 Å². The molecule has 1 aromatic rings. The van der Waals surface area contributed by atoms with Crippen LogP contribution in [0.5, 0.6) is 5.75 Å². The van der Waals surface area contributed by atoms with Gasteiger partial charge in [0, 0.05) is 5.69 Å². The molecule has 20 heavy (non-hydrogen) atoms. The predicted molar refractivity (Wildman–Crippen MR) is 75.6 cm³/mol. The summed E-state index contributed by atoms with van der Waals surface area (Å²) in [6, 6.07) is 5.31. The summed E-state index contributed by atoms with van der Waals surface area (Å²) in [5.41, 5.74) is -0.0809. The van der Waals surface area contributed by atoms with E-state index < -0.39 is 17.7 Å². The molecule has 0 heterocycles. The lowest BCUT2D eigenvalue weighted by molar-refractivity contribution is -0.117. The van der Waals surface area contributed by atoms with Crippen LogP contribution in [-0.4, -0.2) is 28.7 Å². The Labute approximate surface area is 118 Å². The first-order valence-electron chi connectivity index (χ1n) is 6.27. The highest BCUT2D eigenvalue weighted by Gasteiger charge is 2.20. The molecule has 1 unspecified atom stereocenters. The average Bonchev–Trinajstić information content (AvgIpc) is 2.29. The molecular formula is C14H20N2O4. The van der Waals surface area contributed by atoms with Crippen LogP contribution >= 0.6 is 0 Å². The highest BCUT2D eigenvalue weighted by atomic mass is 16.6. The molecule has 0 radical (unpaired) electrons. The number of alkyl carbamates (subject to hydrolysis) is 1. The molecule has 6 heteroatoms. The largest absolute Gasteiger partial charge is 0.508 e. The molecule has 110 valence electrons. The summed E-state index contributed by atoms with van der Waals surface area (Å²) < 4.78 is 5.06. The Morgan fingerprint density at radius 3 is 2.25 bits per heavy atom. The minimum atomic E-state index is -0.737. The van der Waals surface area contributed by atoms with E-state index in [-0.39, 0.29) is 11.7 Å². The fraction of sp³-hybridized carbons (Fsp3) is 0.429. The molecule has 3 N–H and O–H groups in total. The number of phenols is 1. The van der Waals surface area contributed by atoms with E-state index in [0.717, 1.165) is 0 Å². The standard InChI is InChI=1S/C14H20N2O4/c1-9(15-13(19)20-14(2,3)4)12(18)16-10-5-7-11(17)8-6-10/h5-9,17H,1-4H3,(H,15,19)(H,16,18). The number of carbonyl (C=O) groups excluding carboxylic acids is 2. The Bertz CT molecular complexity index is 477. The van der Waals surface area contributed by atoms with Crippen LogP contribution in [-0.2, 0) is 9.53 Å². The van der Waals surface area contributed by atoms with Crippen molar-refractivity contribution < 1.29 is 19.4 Å². The molecule has 1 rings (SSSR count). The first-order valence-corrected chi connectivity index (χ1v) is 6.27. The molecule has 0 bridgehead atoms. The lowest BCUT2D eigenvalue weighted by Gasteiger charge is -2.21. The van der Waals surface area contributed by atoms with Gasteiger partial charge in [0.2, 0.25) is 5.91 Å². The highest BCUT2D eigenvalue weighted by molar-refractivity contribution is 5.96. The zero-order valence-electron chi connectivity index (χ0n) is 12.1. The minimum Gasteiger partial charge on any atom is -0.508 e. The van der Waals surface area contributed by atoms with Crippen molar-refractivity contribution in [2.75, 3.05) is 5.32 Å². The van der Waals surface area contributed by atoms with Gasteiger partial charge >= 0.3 is 6.09 Å². The Hall–Kier alpha value is -2.24. The van der Waals surface area contributed by atoms with E-state index in [2.05, 4.69) is 10.6 Å². The van der Waals surface area contributed by atoms with Crippen LogP contribution < -0.4 is 10.6 Å². The molecule has 1 atom stereocenters. The summed E-state index contributed by atoms with van der Waals surface area (Å²) in [6.45, 7) is 6.79. The van der Waals surface area contributed by atoms with Gasteiger partial charge in [0.05, 0.1) is 0 Å². The monoisotopic (exact) mass is 280 g/mol. The maximum absolute atomic E-state index is 11.9. The summed E-state index contributed by atoms with van der Waals surface area (Å²) in [4.78, 5) is 23.4. The first kappa shape index (κ1) is 15.8. The molecule has 0 aliphatic rings. The number of nitrogens with one attached hydrogen (secondary N) is 2. The normalized spacial score (nSPS) is 12.4. The van der Waals surface area contributed by atoms with Gasteiger partial charge in [-0.25, -0.2) is 4.79 Å². The van der Waals surface area contributed by atoms with Crippen molar-refractivity contribution in [1.82, 2.24) is 5.32 Å². The van der Waals surface area contributed by atoms with Gasteiger partial charge in [-0.3, -0.25) is 4.79 Å². The van der Waals surface area contributed by atoms with Crippen molar-refractivity contribution in [3.8, 4) is 5.75 Å². The van der Waals surface area contributed by atoms with E-state index in [1.165, 1.54) is 12.1 Å². The number of ether oxygens (including phenoxy) is 1. The lowest BCUT2D eigenvalue weighted by Crippen LogP contribution is -2.43. The topological polar surface area (TPSA) is 87.7 Å². The second-order valence-electron chi connectivity index (χ2n) is 5.40. The van der Waals surface area contributed by atoms with Crippen LogP contribution in [0.4, 0.5) is 10.5 Å². The van der Waals surface area contributed by atoms with Gasteiger partial charge in [-0.05, 0) is 52.0 Å². The summed E-state index contributed by atoms with van der Waals surface area (Å²) in [5, 5.41) is 14.2. The number of aromatic hydroxyl groups is 1. The van der Waals surface area contributed by atoms with Crippen molar-refractivity contribution >= 4 is 17.7 Å². The van der Waals surface area contributed by atoms with Crippen molar-refractivity contribution in [2.24, 2.45) is 0 Å². The molecule has 1 aromatic carbocycles. The number of carbonyl (C=O) groups is 2. The molecule has 0 saturated carbocycles. The molecular weight excluding hydrogens is 260 g/mol. The van der Waals surface area contributed by atoms with Gasteiger partial charge in [-0.2, -0.15) is 0 Å². The van der Waals surface area contributed by atoms with Gasteiger partial charge in [0.15, 0.2) is 0 Å². The van der Waals surface area contributed by atoms with Crippen LogP contribution in [0.3, 0.4) is 0 Å². The number of hydrogen-bond acceptors (Lipinski definition) is 4. The highest BCUT2D eigenvalue weighted by Crippen LogP contribution is 2.14. The molecule has 0 saturated heterocycles. The third kappa shape index (κ3) is 5.60. The smallest absolute Gasteiger partial charge is 0.408 e. The number of hydrogen-bond donors (Lipinski definition) is 3. The second-order valence-corrected chi connectivity index (χ2v) is 5.40. The maximum Gasteiger partial charge on any atom is 0.408 e. The predicted octanol–water partition coefficient (Wildman–Crippen LogP) is 2.24. The van der Waals surface area contributed by atoms with Crippen molar-refractivity contribution in [1.29, 1.82) is 0 Å². The summed E-state index contributed by atoms with van der Waals surface area (Å²) in [6.07, 6.45) is -0.647. The van der Waals surface area contributed by atoms with Crippen LogP contribution in [0.15, 0.2) is 24.3 Å². The van der Waals surface area contributed by atoms with Crippen LogP contribution in [0.25, 0.3) is 0 Å². The molecule has 6 nitrogen and oxygen atoms in total. The second kappa shape index (κ2) is 6.27. The number of phenolic OH excluding ortho intramolecular Hbond substituents is 1. The van der Waals surface area contributed by atoms with E-state index in [1.54, 1.807) is 39.8 Å². The summed E-state index contributed by atoms with van der Waals surface area (Å²) >= 11 is 0. The lowest BCUT2D eigenvalue weighted by atomic mass is 10.2. The van der Waals surface area contributed by atoms with Crippen molar-refractivity contribution in [3.05, 3.63) is 24.3 Å². The third-order valence-electron chi connectivity index (χ3n) is 2.26. The number of rotatable bonds is 3. The van der Waals surface area contributed by atoms with Gasteiger partial charge < -0.3 is 20.5 Å². The number of benzene rings is 1. The Morgan fingerprint density at radius 1 is 1.20 bits per heavy atom. The zero-order valence-corrected chi connectivity index (χ0v) is 12.1. The maximum atomic E-state index is 11.9. The molecule has 2 amide bonds. The van der Waals surface area contributed by atoms with Crippen LogP contribution in [0, 0.1) is 0 Å². The number of anilines is 1. The van der Waals surface area contributed by atoms with E-state index in [0.29, 0.717) is 5.69 Å². The minimum absolute atomic E-state index is 0.114. The van der Waals surface area contributed by atoms with Gasteiger partial charge in [0.1, 0.15) is 17.4 Å². The van der Waals surface area contributed by atoms with E-state index in [4.69, 9.17) is 9.84 Å². The Morgan fingerprint density at radius 2 is 1.75 bits per heavy atom. The average molecular weight is 280 g/mol.